The lowest BCUT2D eigenvalue weighted by atomic mass is 10.1. The molecule has 1 aliphatic heterocycles. The maximum Gasteiger partial charge on any atom is 0.298 e. The average molecular weight is 397 g/mol. The van der Waals surface area contributed by atoms with Gasteiger partial charge >= 0.3 is 0 Å². The molecule has 3 aromatic rings. The van der Waals surface area contributed by atoms with E-state index in [0.29, 0.717) is 28.8 Å². The lowest BCUT2D eigenvalue weighted by molar-refractivity contribution is 0.0792. The molecule has 4 rings (SSSR count). The second-order valence-corrected chi connectivity index (χ2v) is 7.58. The number of carbonyl (C=O) groups excluding carboxylic acids is 1. The zero-order valence-electron chi connectivity index (χ0n) is 15.5. The van der Waals surface area contributed by atoms with Gasteiger partial charge in [0.15, 0.2) is 5.82 Å². The molecular formula is C21H20FN3O2S. The Hall–Kier alpha value is -2.80. The summed E-state index contributed by atoms with van der Waals surface area (Å²) in [6.45, 7) is 3.55. The van der Waals surface area contributed by atoms with Gasteiger partial charge in [-0.15, -0.1) is 0 Å². The molecule has 1 aromatic heterocycles. The van der Waals surface area contributed by atoms with Gasteiger partial charge in [0.1, 0.15) is 11.6 Å². The fourth-order valence-corrected chi connectivity index (χ4v) is 3.74. The van der Waals surface area contributed by atoms with Gasteiger partial charge in [-0.1, -0.05) is 18.2 Å². The molecule has 0 spiro atoms. The minimum absolute atomic E-state index is 0.0385. The molecule has 0 radical (unpaired) electrons. The van der Waals surface area contributed by atoms with E-state index in [4.69, 9.17) is 4.74 Å². The molecule has 1 aliphatic rings. The van der Waals surface area contributed by atoms with E-state index in [9.17, 15) is 9.18 Å². The molecule has 0 unspecified atom stereocenters. The van der Waals surface area contributed by atoms with Crippen LogP contribution in [0.25, 0.3) is 0 Å². The predicted octanol–water partition coefficient (Wildman–Crippen LogP) is 4.60. The van der Waals surface area contributed by atoms with Crippen molar-refractivity contribution in [1.29, 1.82) is 0 Å². The van der Waals surface area contributed by atoms with Crippen molar-refractivity contribution < 1.29 is 13.9 Å². The van der Waals surface area contributed by atoms with Crippen LogP contribution in [0, 0.1) is 12.7 Å². The van der Waals surface area contributed by atoms with Gasteiger partial charge in [-0.3, -0.25) is 4.79 Å². The normalized spacial score (nSPS) is 13.7. The van der Waals surface area contributed by atoms with E-state index >= 15 is 0 Å². The molecule has 1 saturated heterocycles. The quantitative estimate of drug-likeness (QED) is 0.631. The van der Waals surface area contributed by atoms with E-state index in [-0.39, 0.29) is 11.7 Å². The molecule has 0 saturated carbocycles. The Balaban J connectivity index is 1.48. The van der Waals surface area contributed by atoms with Crippen molar-refractivity contribution in [3.63, 3.8) is 0 Å². The molecule has 1 amide bonds. The van der Waals surface area contributed by atoms with E-state index in [1.807, 2.05) is 24.0 Å². The minimum Gasteiger partial charge on any atom is -0.430 e. The number of likely N-dealkylation sites (tertiary alicyclic amines) is 1. The van der Waals surface area contributed by atoms with E-state index in [0.717, 1.165) is 48.6 Å². The third-order valence-electron chi connectivity index (χ3n) is 4.75. The molecule has 0 bridgehead atoms. The highest BCUT2D eigenvalue weighted by Gasteiger charge is 2.20. The van der Waals surface area contributed by atoms with Gasteiger partial charge in [0.05, 0.1) is 0 Å². The molecule has 0 atom stereocenters. The van der Waals surface area contributed by atoms with Crippen LogP contribution in [-0.4, -0.2) is 33.3 Å². The summed E-state index contributed by atoms with van der Waals surface area (Å²) in [4.78, 5) is 18.9. The standard InChI is InChI=1S/C21H20FN3O2S/c1-14-4-7-16(20(26)25-10-2-3-11-25)13-18(14)27-21-23-19(24-28-21)12-15-5-8-17(22)9-6-15/h4-9,13H,2-3,10-12H2,1H3. The Morgan fingerprint density at radius 1 is 1.18 bits per heavy atom. The number of ether oxygens (including phenoxy) is 1. The van der Waals surface area contributed by atoms with Gasteiger partial charge in [-0.05, 0) is 55.2 Å². The molecule has 7 heteroatoms. The van der Waals surface area contributed by atoms with Crippen LogP contribution in [0.4, 0.5) is 4.39 Å². The van der Waals surface area contributed by atoms with E-state index in [1.165, 1.54) is 12.1 Å². The number of amides is 1. The third-order valence-corrected chi connectivity index (χ3v) is 5.38. The SMILES string of the molecule is Cc1ccc(C(=O)N2CCCC2)cc1Oc1nc(Cc2ccc(F)cc2)ns1. The first-order valence-electron chi connectivity index (χ1n) is 9.23. The molecule has 0 aliphatic carbocycles. The summed E-state index contributed by atoms with van der Waals surface area (Å²) >= 11 is 1.16. The molecule has 144 valence electrons. The summed E-state index contributed by atoms with van der Waals surface area (Å²) in [5.41, 5.74) is 2.48. The number of aryl methyl sites for hydroxylation is 1. The molecule has 1 fully saturated rings. The van der Waals surface area contributed by atoms with Crippen molar-refractivity contribution in [2.24, 2.45) is 0 Å². The second-order valence-electron chi connectivity index (χ2n) is 6.86. The van der Waals surface area contributed by atoms with E-state index in [1.54, 1.807) is 18.2 Å². The van der Waals surface area contributed by atoms with Crippen LogP contribution in [0.3, 0.4) is 0 Å². The topological polar surface area (TPSA) is 55.3 Å². The Labute approximate surface area is 167 Å². The van der Waals surface area contributed by atoms with Crippen LogP contribution in [0.1, 0.15) is 40.2 Å². The Bertz CT molecular complexity index is 982. The highest BCUT2D eigenvalue weighted by molar-refractivity contribution is 7.07. The highest BCUT2D eigenvalue weighted by atomic mass is 32.1. The zero-order chi connectivity index (χ0) is 19.5. The van der Waals surface area contributed by atoms with Crippen LogP contribution < -0.4 is 4.74 Å². The van der Waals surface area contributed by atoms with Crippen molar-refractivity contribution in [2.45, 2.75) is 26.2 Å². The Morgan fingerprint density at radius 2 is 1.93 bits per heavy atom. The third kappa shape index (κ3) is 4.20. The summed E-state index contributed by atoms with van der Waals surface area (Å²) in [6.07, 6.45) is 2.62. The van der Waals surface area contributed by atoms with Gasteiger partial charge in [0.2, 0.25) is 0 Å². The van der Waals surface area contributed by atoms with Crippen LogP contribution in [0.2, 0.25) is 0 Å². The van der Waals surface area contributed by atoms with E-state index in [2.05, 4.69) is 9.36 Å². The zero-order valence-corrected chi connectivity index (χ0v) is 16.3. The Kier molecular flexibility index (Phi) is 5.34. The largest absolute Gasteiger partial charge is 0.430 e. The van der Waals surface area contributed by atoms with Crippen LogP contribution in [-0.2, 0) is 6.42 Å². The number of aromatic nitrogens is 2. The lowest BCUT2D eigenvalue weighted by Crippen LogP contribution is -2.27. The minimum atomic E-state index is -0.266. The van der Waals surface area contributed by atoms with Crippen molar-refractivity contribution >= 4 is 17.4 Å². The summed E-state index contributed by atoms with van der Waals surface area (Å²) in [6, 6.07) is 11.8. The second kappa shape index (κ2) is 8.06. The molecule has 2 heterocycles. The fourth-order valence-electron chi connectivity index (χ4n) is 3.18. The number of rotatable bonds is 5. The average Bonchev–Trinajstić information content (AvgIpc) is 3.37. The smallest absolute Gasteiger partial charge is 0.298 e. The molecule has 28 heavy (non-hydrogen) atoms. The number of carbonyl (C=O) groups is 1. The van der Waals surface area contributed by atoms with Gasteiger partial charge in [-0.25, -0.2) is 4.39 Å². The molecule has 5 nitrogen and oxygen atoms in total. The molecule has 2 aromatic carbocycles. The highest BCUT2D eigenvalue weighted by Crippen LogP contribution is 2.28. The van der Waals surface area contributed by atoms with Gasteiger partial charge < -0.3 is 9.64 Å². The summed E-state index contributed by atoms with van der Waals surface area (Å²) in [7, 11) is 0. The maximum atomic E-state index is 13.0. The number of nitrogens with zero attached hydrogens (tertiary/aromatic N) is 3. The van der Waals surface area contributed by atoms with E-state index < -0.39 is 0 Å². The fraction of sp³-hybridized carbons (Fsp3) is 0.286. The lowest BCUT2D eigenvalue weighted by Gasteiger charge is -2.16. The first-order valence-corrected chi connectivity index (χ1v) is 10.0. The van der Waals surface area contributed by atoms with Crippen molar-refractivity contribution in [3.05, 3.63) is 70.8 Å². The number of hydrogen-bond acceptors (Lipinski definition) is 5. The van der Waals surface area contributed by atoms with Gasteiger partial charge in [0, 0.05) is 36.6 Å². The summed E-state index contributed by atoms with van der Waals surface area (Å²) < 4.78 is 23.3. The van der Waals surface area contributed by atoms with Crippen LogP contribution in [0.15, 0.2) is 42.5 Å². The first-order chi connectivity index (χ1) is 13.6. The number of hydrogen-bond donors (Lipinski definition) is 0. The van der Waals surface area contributed by atoms with Gasteiger partial charge in [-0.2, -0.15) is 9.36 Å². The number of benzene rings is 2. The first kappa shape index (κ1) is 18.6. The maximum absolute atomic E-state index is 13.0. The van der Waals surface area contributed by atoms with Crippen molar-refractivity contribution in [2.75, 3.05) is 13.1 Å². The monoisotopic (exact) mass is 397 g/mol. The summed E-state index contributed by atoms with van der Waals surface area (Å²) in [5.74, 6) is 0.998. The van der Waals surface area contributed by atoms with Gasteiger partial charge in [0.25, 0.3) is 11.1 Å². The molecular weight excluding hydrogens is 377 g/mol. The number of halogens is 1. The van der Waals surface area contributed by atoms with Crippen molar-refractivity contribution in [1.82, 2.24) is 14.3 Å². The molecule has 0 N–H and O–H groups in total. The van der Waals surface area contributed by atoms with Crippen LogP contribution >= 0.6 is 11.5 Å². The predicted molar refractivity (Wildman–Crippen MR) is 106 cm³/mol. The summed E-state index contributed by atoms with van der Waals surface area (Å²) in [5, 5.41) is 0.422. The van der Waals surface area contributed by atoms with Crippen LogP contribution in [0.5, 0.6) is 10.9 Å². The van der Waals surface area contributed by atoms with Crippen molar-refractivity contribution in [3.8, 4) is 10.9 Å². The Morgan fingerprint density at radius 3 is 2.68 bits per heavy atom.